The monoisotopic (exact) mass is 1190 g/mol. The van der Waals surface area contributed by atoms with Crippen LogP contribution in [0.15, 0.2) is 310 Å². The summed E-state index contributed by atoms with van der Waals surface area (Å²) in [5.41, 5.74) is 27.1. The van der Waals surface area contributed by atoms with Crippen LogP contribution in [0.5, 0.6) is 23.0 Å². The summed E-state index contributed by atoms with van der Waals surface area (Å²) < 4.78 is 13.7. The highest BCUT2D eigenvalue weighted by Gasteiger charge is 2.53. The number of ether oxygens (including phenoxy) is 2. The first-order valence-corrected chi connectivity index (χ1v) is 32.1. The maximum atomic E-state index is 6.92. The van der Waals surface area contributed by atoms with Gasteiger partial charge in [0.05, 0.1) is 22.0 Å². The zero-order chi connectivity index (χ0) is 61.1. The number of pyridine rings is 1. The average molecular weight is 1190 g/mol. The quantitative estimate of drug-likeness (QED) is 0.135. The van der Waals surface area contributed by atoms with Crippen LogP contribution < -0.4 is 9.47 Å². The second-order valence-corrected chi connectivity index (χ2v) is 25.1. The Bertz CT molecular complexity index is 5450. The van der Waals surface area contributed by atoms with E-state index in [2.05, 4.69) is 302 Å². The van der Waals surface area contributed by atoms with Crippen molar-refractivity contribution < 1.29 is 9.47 Å². The zero-order valence-electron chi connectivity index (χ0n) is 50.1. The van der Waals surface area contributed by atoms with E-state index in [0.29, 0.717) is 0 Å². The summed E-state index contributed by atoms with van der Waals surface area (Å²) in [5.74, 6) is 3.46. The minimum absolute atomic E-state index is 0.541. The Balaban J connectivity index is 0.696. The Hall–Kier alpha value is -11.6. The highest BCUT2D eigenvalue weighted by Crippen LogP contribution is 2.65. The molecule has 18 rings (SSSR count). The van der Waals surface area contributed by atoms with E-state index < -0.39 is 10.8 Å². The van der Waals surface area contributed by atoms with Gasteiger partial charge in [0.25, 0.3) is 0 Å². The predicted octanol–water partition coefficient (Wildman–Crippen LogP) is 22.2. The van der Waals surface area contributed by atoms with E-state index in [9.17, 15) is 0 Å². The molecule has 92 heavy (non-hydrogen) atoms. The van der Waals surface area contributed by atoms with Gasteiger partial charge in [-0.15, -0.1) is 10.2 Å². The molecule has 2 aliphatic heterocycles. The Kier molecular flexibility index (Phi) is 12.2. The van der Waals surface area contributed by atoms with Crippen molar-refractivity contribution in [3.05, 3.63) is 359 Å². The van der Waals surface area contributed by atoms with E-state index in [1.165, 1.54) is 44.5 Å². The Labute approximate surface area is 537 Å². The lowest BCUT2D eigenvalue weighted by molar-refractivity contribution is 0.436. The van der Waals surface area contributed by atoms with Crippen molar-refractivity contribution in [2.45, 2.75) is 17.8 Å². The van der Waals surface area contributed by atoms with Crippen molar-refractivity contribution in [2.24, 2.45) is 0 Å². The molecule has 0 fully saturated rings. The number of nitrogens with zero attached hydrogens (tertiary/aromatic N) is 3. The summed E-state index contributed by atoms with van der Waals surface area (Å²) in [6.07, 6.45) is 7.77. The molecular weight excluding hydrogens is 1140 g/mol. The van der Waals surface area contributed by atoms with Gasteiger partial charge in [0, 0.05) is 44.3 Å². The normalized spacial score (nSPS) is 14.9. The van der Waals surface area contributed by atoms with Crippen LogP contribution >= 0.6 is 11.3 Å². The molecule has 432 valence electrons. The number of rotatable bonds is 9. The number of allylic oxidation sites excluding steroid dienone is 5. The lowest BCUT2D eigenvalue weighted by atomic mass is 9.65. The van der Waals surface area contributed by atoms with E-state index in [0.717, 1.165) is 133 Å². The second kappa shape index (κ2) is 21.0. The number of benzene rings is 12. The van der Waals surface area contributed by atoms with Crippen LogP contribution in [0.4, 0.5) is 0 Å². The van der Waals surface area contributed by atoms with Gasteiger partial charge in [0.2, 0.25) is 0 Å². The number of hydrogen-bond donors (Lipinski definition) is 0. The van der Waals surface area contributed by atoms with Gasteiger partial charge in [-0.05, 0) is 169 Å². The summed E-state index contributed by atoms with van der Waals surface area (Å²) in [6, 6.07) is 102. The van der Waals surface area contributed by atoms with Gasteiger partial charge in [-0.2, -0.15) is 0 Å². The Morgan fingerprint density at radius 3 is 1.41 bits per heavy atom. The smallest absolute Gasteiger partial charge is 0.148 e. The van der Waals surface area contributed by atoms with Crippen molar-refractivity contribution >= 4 is 27.8 Å². The fourth-order valence-electron chi connectivity index (χ4n) is 15.3. The van der Waals surface area contributed by atoms with Gasteiger partial charge in [-0.3, -0.25) is 0 Å². The van der Waals surface area contributed by atoms with Gasteiger partial charge < -0.3 is 9.47 Å². The van der Waals surface area contributed by atoms with Crippen molar-refractivity contribution in [1.29, 1.82) is 0 Å². The Morgan fingerprint density at radius 1 is 0.370 bits per heavy atom. The minimum atomic E-state index is -0.689. The van der Waals surface area contributed by atoms with Crippen LogP contribution in [0.3, 0.4) is 0 Å². The van der Waals surface area contributed by atoms with Gasteiger partial charge in [-0.25, -0.2) is 4.98 Å². The summed E-state index contributed by atoms with van der Waals surface area (Å²) in [6.45, 7) is 5.87. The molecule has 0 N–H and O–H groups in total. The number of aromatic nitrogens is 3. The van der Waals surface area contributed by atoms with Crippen LogP contribution in [0.2, 0.25) is 0 Å². The third-order valence-electron chi connectivity index (χ3n) is 19.4. The molecule has 2 aliphatic carbocycles. The lowest BCUT2D eigenvalue weighted by Gasteiger charge is -2.39. The molecule has 0 saturated heterocycles. The van der Waals surface area contributed by atoms with Crippen LogP contribution in [-0.2, 0) is 10.8 Å². The molecule has 0 saturated carbocycles. The highest BCUT2D eigenvalue weighted by atomic mass is 32.1. The second-order valence-electron chi connectivity index (χ2n) is 24.1. The third-order valence-corrected chi connectivity index (χ3v) is 20.4. The molecule has 0 radical (unpaired) electrons. The Morgan fingerprint density at radius 2 is 0.815 bits per heavy atom. The maximum Gasteiger partial charge on any atom is 0.148 e. The van der Waals surface area contributed by atoms with Crippen molar-refractivity contribution in [3.8, 4) is 112 Å². The first-order chi connectivity index (χ1) is 45.5. The largest absolute Gasteiger partial charge is 0.457 e. The molecule has 5 nitrogen and oxygen atoms in total. The first-order valence-electron chi connectivity index (χ1n) is 31.3. The molecule has 0 bridgehead atoms. The number of fused-ring (bicyclic) bond motifs is 19. The summed E-state index contributed by atoms with van der Waals surface area (Å²) >= 11 is 1.59. The van der Waals surface area contributed by atoms with E-state index in [-0.39, 0.29) is 0 Å². The molecule has 12 aromatic carbocycles. The summed E-state index contributed by atoms with van der Waals surface area (Å²) in [7, 11) is 0. The molecule has 6 heteroatoms. The maximum absolute atomic E-state index is 6.92. The van der Waals surface area contributed by atoms with Gasteiger partial charge in [-0.1, -0.05) is 248 Å². The van der Waals surface area contributed by atoms with Crippen molar-refractivity contribution in [1.82, 2.24) is 15.2 Å². The standard InChI is InChI=1S/C86H55N3O2S/c1-3-5-20-53(4-2)83-88-89-84(92-83)62-26-18-23-56(49-62)59-41-46-82-76(52-59)86(73-35-13-15-38-80(73)91-82)71-33-11-8-29-66(71)67-42-39-57(50-74(67)86)55-22-17-25-61(48-55)77-44-43-68-63(30-19-36-78(68)87-77)60-24-16-21-54(47-60)58-40-45-81-75(51-58)85(72-34-12-14-37-79(72)90-81)69-31-9-6-27-64(69)65-28-7-10-32-70(65)85/h3-52H,1H2,2H3/b20-5-,53-4+. The van der Waals surface area contributed by atoms with Gasteiger partial charge in [0.15, 0.2) is 0 Å². The van der Waals surface area contributed by atoms with E-state index in [4.69, 9.17) is 14.5 Å². The fourth-order valence-corrected chi connectivity index (χ4v) is 16.2. The summed E-state index contributed by atoms with van der Waals surface area (Å²) in [4.78, 5) is 5.43. The number of hydrogen-bond acceptors (Lipinski definition) is 6. The van der Waals surface area contributed by atoms with Crippen LogP contribution in [-0.4, -0.2) is 15.2 Å². The molecule has 14 aromatic rings. The minimum Gasteiger partial charge on any atom is -0.457 e. The van der Waals surface area contributed by atoms with E-state index in [1.54, 1.807) is 17.4 Å². The molecule has 4 heterocycles. The highest BCUT2D eigenvalue weighted by molar-refractivity contribution is 7.15. The van der Waals surface area contributed by atoms with Crippen LogP contribution in [0.1, 0.15) is 56.4 Å². The molecule has 4 aliphatic rings. The third kappa shape index (κ3) is 8.00. The van der Waals surface area contributed by atoms with Gasteiger partial charge in [0.1, 0.15) is 33.0 Å². The molecule has 0 amide bonds. The zero-order valence-corrected chi connectivity index (χ0v) is 51.0. The molecule has 2 aromatic heterocycles. The molecule has 2 spiro atoms. The van der Waals surface area contributed by atoms with Crippen molar-refractivity contribution in [3.63, 3.8) is 0 Å². The SMILES string of the molecule is C=C/C=C\C(=C/C)c1nnc(-c2cccc(-c3ccc4c(c3)C3(c5ccccc5O4)c4ccccc4-c4ccc(-c5cccc(-c6ccc7c(-c8cccc(-c9ccc%10c(c9)C9(c%11ccccc%11O%10)c%10ccccc%10-c%10ccccc%109)c8)cccc7n6)c5)cc43)c2)s1. The van der Waals surface area contributed by atoms with Crippen LogP contribution in [0, 0.1) is 0 Å². The first kappa shape index (κ1) is 53.5. The van der Waals surface area contributed by atoms with Crippen molar-refractivity contribution in [2.75, 3.05) is 0 Å². The van der Waals surface area contributed by atoms with Gasteiger partial charge >= 0.3 is 0 Å². The van der Waals surface area contributed by atoms with Crippen LogP contribution in [0.25, 0.3) is 105 Å². The predicted molar refractivity (Wildman–Crippen MR) is 376 cm³/mol. The van der Waals surface area contributed by atoms with E-state index >= 15 is 0 Å². The molecular formula is C86H55N3O2S. The molecule has 1 unspecified atom stereocenters. The molecule has 1 atom stereocenters. The number of para-hydroxylation sites is 2. The van der Waals surface area contributed by atoms with E-state index in [1.807, 2.05) is 19.1 Å². The topological polar surface area (TPSA) is 57.1 Å². The lowest BCUT2D eigenvalue weighted by Crippen LogP contribution is -2.32. The average Bonchev–Trinajstić information content (AvgIpc) is 1.49. The summed E-state index contributed by atoms with van der Waals surface area (Å²) in [5, 5.41) is 12.1. The fraction of sp³-hybridized carbons (Fsp3) is 0.0349.